The molecule has 0 unspecified atom stereocenters. The molecule has 97 valence electrons. The normalized spacial score (nSPS) is 10.3. The Hall–Kier alpha value is -1.78. The Morgan fingerprint density at radius 1 is 1.26 bits per heavy atom. The molecule has 0 amide bonds. The van der Waals surface area contributed by atoms with Crippen molar-refractivity contribution in [3.63, 3.8) is 0 Å². The Kier molecular flexibility index (Phi) is 3.93. The highest BCUT2D eigenvalue weighted by Crippen LogP contribution is 2.38. The molecule has 0 saturated carbocycles. The van der Waals surface area contributed by atoms with Crippen LogP contribution < -0.4 is 4.74 Å². The minimum absolute atomic E-state index is 0.107. The van der Waals surface area contributed by atoms with E-state index in [1.165, 1.54) is 19.2 Å². The van der Waals surface area contributed by atoms with E-state index in [2.05, 4.69) is 6.07 Å². The summed E-state index contributed by atoms with van der Waals surface area (Å²) in [6, 6.07) is 10.2. The summed E-state index contributed by atoms with van der Waals surface area (Å²) in [5.41, 5.74) is 0.714. The van der Waals surface area contributed by atoms with Crippen LogP contribution in [0.2, 0.25) is 10.0 Å². The third-order valence-electron chi connectivity index (χ3n) is 2.54. The van der Waals surface area contributed by atoms with Crippen molar-refractivity contribution in [1.82, 2.24) is 0 Å². The first-order valence-electron chi connectivity index (χ1n) is 5.22. The number of halogens is 2. The standard InChI is InChI=1S/C13H8Cl2NO3/c1-19-9-3-5-13(16(17)18)11(7-9)10-6-8(14)2-4-12(10)15/h2,4-7H,1H3. The van der Waals surface area contributed by atoms with E-state index in [4.69, 9.17) is 27.9 Å². The summed E-state index contributed by atoms with van der Waals surface area (Å²) < 4.78 is 5.03. The molecule has 0 aromatic heterocycles. The summed E-state index contributed by atoms with van der Waals surface area (Å²) in [5.74, 6) is 0.386. The average molecular weight is 297 g/mol. The average Bonchev–Trinajstić information content (AvgIpc) is 2.40. The molecule has 0 aliphatic heterocycles. The van der Waals surface area contributed by atoms with Crippen LogP contribution in [-0.2, 0) is 0 Å². The Morgan fingerprint density at radius 3 is 2.63 bits per heavy atom. The van der Waals surface area contributed by atoms with Gasteiger partial charge in [-0.25, -0.2) is 0 Å². The summed E-state index contributed by atoms with van der Waals surface area (Å²) in [7, 11) is 1.46. The first-order chi connectivity index (χ1) is 9.02. The van der Waals surface area contributed by atoms with Gasteiger partial charge in [0.25, 0.3) is 5.69 Å². The molecule has 0 aliphatic carbocycles. The maximum atomic E-state index is 11.1. The molecular weight excluding hydrogens is 289 g/mol. The van der Waals surface area contributed by atoms with Crippen molar-refractivity contribution in [3.8, 4) is 16.9 Å². The molecule has 0 saturated heterocycles. The molecule has 0 N–H and O–H groups in total. The van der Waals surface area contributed by atoms with Crippen LogP contribution in [0.3, 0.4) is 0 Å². The van der Waals surface area contributed by atoms with Gasteiger partial charge in [-0.15, -0.1) is 0 Å². The third-order valence-corrected chi connectivity index (χ3v) is 3.10. The first kappa shape index (κ1) is 13.6. The lowest BCUT2D eigenvalue weighted by Gasteiger charge is -2.08. The number of hydrogen-bond donors (Lipinski definition) is 0. The number of rotatable bonds is 3. The predicted octanol–water partition coefficient (Wildman–Crippen LogP) is 4.38. The smallest absolute Gasteiger partial charge is 0.278 e. The maximum absolute atomic E-state index is 11.1. The lowest BCUT2D eigenvalue weighted by Crippen LogP contribution is -1.94. The number of nitro groups is 1. The molecule has 2 aromatic rings. The van der Waals surface area contributed by atoms with Gasteiger partial charge in [0.2, 0.25) is 0 Å². The number of nitrogens with zero attached hydrogens (tertiary/aromatic N) is 1. The molecule has 2 aromatic carbocycles. The van der Waals surface area contributed by atoms with E-state index in [-0.39, 0.29) is 5.69 Å². The van der Waals surface area contributed by atoms with Gasteiger partial charge in [-0.05, 0) is 24.3 Å². The second-order valence-electron chi connectivity index (χ2n) is 3.68. The van der Waals surface area contributed by atoms with E-state index in [9.17, 15) is 10.1 Å². The highest BCUT2D eigenvalue weighted by atomic mass is 35.5. The number of hydrogen-bond acceptors (Lipinski definition) is 3. The Morgan fingerprint density at radius 2 is 2.00 bits per heavy atom. The Balaban J connectivity index is 2.71. The van der Waals surface area contributed by atoms with Gasteiger partial charge < -0.3 is 4.74 Å². The molecular formula is C13H8Cl2NO3. The quantitative estimate of drug-likeness (QED) is 0.624. The fourth-order valence-corrected chi connectivity index (χ4v) is 2.04. The van der Waals surface area contributed by atoms with Gasteiger partial charge in [0.05, 0.1) is 17.6 Å². The highest BCUT2D eigenvalue weighted by Gasteiger charge is 2.18. The topological polar surface area (TPSA) is 52.4 Å². The van der Waals surface area contributed by atoms with Crippen LogP contribution in [0.1, 0.15) is 0 Å². The molecule has 0 spiro atoms. The molecule has 0 bridgehead atoms. The fraction of sp³-hybridized carbons (Fsp3) is 0.0769. The zero-order chi connectivity index (χ0) is 14.0. The molecule has 0 aliphatic rings. The lowest BCUT2D eigenvalue weighted by atomic mass is 10.0. The van der Waals surface area contributed by atoms with Crippen LogP contribution in [0.4, 0.5) is 5.69 Å². The number of nitro benzene ring substituents is 1. The van der Waals surface area contributed by atoms with Gasteiger partial charge >= 0.3 is 0 Å². The molecule has 1 radical (unpaired) electrons. The lowest BCUT2D eigenvalue weighted by molar-refractivity contribution is -0.384. The Labute approximate surface area is 119 Å². The van der Waals surface area contributed by atoms with Gasteiger partial charge in [-0.1, -0.05) is 23.2 Å². The molecule has 0 atom stereocenters. The van der Waals surface area contributed by atoms with Gasteiger partial charge in [0, 0.05) is 27.7 Å². The number of benzene rings is 2. The van der Waals surface area contributed by atoms with Crippen LogP contribution in [0, 0.1) is 16.2 Å². The number of methoxy groups -OCH3 is 1. The van der Waals surface area contributed by atoms with E-state index in [0.29, 0.717) is 26.9 Å². The first-order valence-corrected chi connectivity index (χ1v) is 5.98. The monoisotopic (exact) mass is 296 g/mol. The predicted molar refractivity (Wildman–Crippen MR) is 73.9 cm³/mol. The van der Waals surface area contributed by atoms with Crippen molar-refractivity contribution in [1.29, 1.82) is 0 Å². The maximum Gasteiger partial charge on any atom is 0.278 e. The number of ether oxygens (including phenoxy) is 1. The second-order valence-corrected chi connectivity index (χ2v) is 4.53. The molecule has 4 nitrogen and oxygen atoms in total. The summed E-state index contributed by atoms with van der Waals surface area (Å²) in [5, 5.41) is 11.9. The van der Waals surface area contributed by atoms with E-state index in [0.717, 1.165) is 0 Å². The summed E-state index contributed by atoms with van der Waals surface area (Å²) in [6.07, 6.45) is 0. The molecule has 19 heavy (non-hydrogen) atoms. The molecule has 6 heteroatoms. The van der Waals surface area contributed by atoms with Crippen molar-refractivity contribution in [2.24, 2.45) is 0 Å². The highest BCUT2D eigenvalue weighted by molar-refractivity contribution is 6.35. The zero-order valence-electron chi connectivity index (χ0n) is 9.81. The fourth-order valence-electron chi connectivity index (χ4n) is 1.65. The molecule has 0 heterocycles. The SMILES string of the molecule is COc1[c]cc([N+](=O)[O-])c(-c2cc(Cl)ccc2Cl)c1. The van der Waals surface area contributed by atoms with Crippen LogP contribution in [0.25, 0.3) is 11.1 Å². The van der Waals surface area contributed by atoms with Crippen molar-refractivity contribution < 1.29 is 9.66 Å². The Bertz CT molecular complexity index is 644. The van der Waals surface area contributed by atoms with Crippen molar-refractivity contribution >= 4 is 28.9 Å². The van der Waals surface area contributed by atoms with E-state index in [1.807, 2.05) is 0 Å². The molecule has 2 rings (SSSR count). The van der Waals surface area contributed by atoms with Crippen LogP contribution >= 0.6 is 23.2 Å². The van der Waals surface area contributed by atoms with Crippen LogP contribution in [0.5, 0.6) is 5.75 Å². The third kappa shape index (κ3) is 2.80. The van der Waals surface area contributed by atoms with Gasteiger partial charge in [0.1, 0.15) is 5.75 Å². The summed E-state index contributed by atoms with van der Waals surface area (Å²) in [4.78, 5) is 10.6. The van der Waals surface area contributed by atoms with E-state index < -0.39 is 4.92 Å². The van der Waals surface area contributed by atoms with Gasteiger partial charge in [-0.2, -0.15) is 0 Å². The van der Waals surface area contributed by atoms with Crippen molar-refractivity contribution in [2.75, 3.05) is 7.11 Å². The largest absolute Gasteiger partial charge is 0.496 e. The van der Waals surface area contributed by atoms with E-state index >= 15 is 0 Å². The van der Waals surface area contributed by atoms with Gasteiger partial charge in [-0.3, -0.25) is 10.1 Å². The summed E-state index contributed by atoms with van der Waals surface area (Å²) in [6.45, 7) is 0. The zero-order valence-corrected chi connectivity index (χ0v) is 11.3. The summed E-state index contributed by atoms with van der Waals surface area (Å²) >= 11 is 12.0. The van der Waals surface area contributed by atoms with Crippen molar-refractivity contribution in [2.45, 2.75) is 0 Å². The van der Waals surface area contributed by atoms with Crippen LogP contribution in [-0.4, -0.2) is 12.0 Å². The van der Waals surface area contributed by atoms with Crippen LogP contribution in [0.15, 0.2) is 30.3 Å². The minimum atomic E-state index is -0.498. The van der Waals surface area contributed by atoms with E-state index in [1.54, 1.807) is 18.2 Å². The van der Waals surface area contributed by atoms with Gasteiger partial charge in [0.15, 0.2) is 0 Å². The van der Waals surface area contributed by atoms with Crippen molar-refractivity contribution in [3.05, 3.63) is 56.6 Å². The minimum Gasteiger partial charge on any atom is -0.496 e. The molecule has 0 fully saturated rings. The second kappa shape index (κ2) is 5.47.